The van der Waals surface area contributed by atoms with E-state index in [0.29, 0.717) is 6.42 Å². The van der Waals surface area contributed by atoms with Gasteiger partial charge in [-0.05, 0) is 25.2 Å². The topological polar surface area (TPSA) is 29.4 Å². The van der Waals surface area contributed by atoms with E-state index in [2.05, 4.69) is 11.1 Å². The Balaban J connectivity index is 2.48. The Morgan fingerprint density at radius 3 is 2.89 bits per heavy atom. The summed E-state index contributed by atoms with van der Waals surface area (Å²) in [6.45, 7) is 3.84. The molecule has 0 radical (unpaired) electrons. The summed E-state index contributed by atoms with van der Waals surface area (Å²) in [5, 5.41) is 0. The first-order chi connectivity index (χ1) is 8.72. The fourth-order valence-electron chi connectivity index (χ4n) is 1.39. The molecule has 0 amide bonds. The molecule has 0 fully saturated rings. The van der Waals surface area contributed by atoms with Crippen molar-refractivity contribution in [2.45, 2.75) is 26.7 Å². The van der Waals surface area contributed by atoms with Crippen LogP contribution in [0, 0.1) is 0 Å². The number of allylic oxidation sites excluding steroid dienone is 10. The second-order valence-corrected chi connectivity index (χ2v) is 3.97. The average Bonchev–Trinajstić information content (AvgIpc) is 2.57. The van der Waals surface area contributed by atoms with E-state index in [-0.39, 0.29) is 5.78 Å². The summed E-state index contributed by atoms with van der Waals surface area (Å²) >= 11 is 0. The van der Waals surface area contributed by atoms with E-state index in [4.69, 9.17) is 0 Å². The van der Waals surface area contributed by atoms with Gasteiger partial charge in [0.1, 0.15) is 0 Å². The number of hydrogen-bond donors (Lipinski definition) is 0. The van der Waals surface area contributed by atoms with Crippen molar-refractivity contribution < 1.29 is 4.79 Å². The van der Waals surface area contributed by atoms with E-state index in [1.54, 1.807) is 12.2 Å². The lowest BCUT2D eigenvalue weighted by atomic mass is 10.2. The summed E-state index contributed by atoms with van der Waals surface area (Å²) in [6.07, 6.45) is 18.5. The van der Waals surface area contributed by atoms with Gasteiger partial charge in [-0.1, -0.05) is 43.4 Å². The molecule has 2 nitrogen and oxygen atoms in total. The highest BCUT2D eigenvalue weighted by Crippen LogP contribution is 2.05. The normalized spacial score (nSPS) is 16.3. The molecule has 0 aliphatic carbocycles. The van der Waals surface area contributed by atoms with Gasteiger partial charge in [-0.15, -0.1) is 0 Å². The van der Waals surface area contributed by atoms with Crippen molar-refractivity contribution >= 4 is 11.5 Å². The minimum absolute atomic E-state index is 0.141. The first-order valence-electron chi connectivity index (χ1n) is 6.17. The minimum atomic E-state index is 0.141. The maximum Gasteiger partial charge on any atom is 0.155 e. The van der Waals surface area contributed by atoms with Gasteiger partial charge in [-0.25, -0.2) is 0 Å². The van der Waals surface area contributed by atoms with Crippen molar-refractivity contribution in [3.05, 3.63) is 60.4 Å². The lowest BCUT2D eigenvalue weighted by Crippen LogP contribution is -1.89. The Kier molecular flexibility index (Phi) is 6.41. The van der Waals surface area contributed by atoms with Gasteiger partial charge < -0.3 is 0 Å². The Morgan fingerprint density at radius 1 is 1.33 bits per heavy atom. The van der Waals surface area contributed by atoms with E-state index >= 15 is 0 Å². The molecule has 1 heterocycles. The van der Waals surface area contributed by atoms with Gasteiger partial charge in [0.05, 0.1) is 0 Å². The summed E-state index contributed by atoms with van der Waals surface area (Å²) in [7, 11) is 0. The van der Waals surface area contributed by atoms with E-state index in [0.717, 1.165) is 17.8 Å². The molecule has 0 saturated carbocycles. The van der Waals surface area contributed by atoms with Gasteiger partial charge in [0.2, 0.25) is 0 Å². The van der Waals surface area contributed by atoms with Gasteiger partial charge in [-0.2, -0.15) is 0 Å². The standard InChI is InChI=1S/C16H19NO/c1-3-16(18)13-7-5-4-6-11-15-12-9-8-10-14(2)17-15/h4-11,13H,3,12H2,1-2H3. The zero-order valence-electron chi connectivity index (χ0n) is 11.0. The second-order valence-electron chi connectivity index (χ2n) is 3.97. The van der Waals surface area contributed by atoms with Crippen LogP contribution < -0.4 is 0 Å². The van der Waals surface area contributed by atoms with Gasteiger partial charge in [0, 0.05) is 24.3 Å². The number of rotatable bonds is 5. The quantitative estimate of drug-likeness (QED) is 0.529. The van der Waals surface area contributed by atoms with Gasteiger partial charge in [0.25, 0.3) is 0 Å². The summed E-state index contributed by atoms with van der Waals surface area (Å²) < 4.78 is 0. The highest BCUT2D eigenvalue weighted by Gasteiger charge is 1.94. The molecule has 0 N–H and O–H groups in total. The lowest BCUT2D eigenvalue weighted by Gasteiger charge is -1.94. The third kappa shape index (κ3) is 5.94. The molecule has 0 aromatic carbocycles. The van der Waals surface area contributed by atoms with Crippen LogP contribution in [0.5, 0.6) is 0 Å². The first kappa shape index (κ1) is 14.1. The van der Waals surface area contributed by atoms with E-state index in [9.17, 15) is 4.79 Å². The van der Waals surface area contributed by atoms with Crippen LogP contribution in [0.2, 0.25) is 0 Å². The lowest BCUT2D eigenvalue weighted by molar-refractivity contribution is -0.114. The van der Waals surface area contributed by atoms with Crippen LogP contribution in [0.25, 0.3) is 0 Å². The fraction of sp³-hybridized carbons (Fsp3) is 0.250. The van der Waals surface area contributed by atoms with E-state index in [1.165, 1.54) is 0 Å². The van der Waals surface area contributed by atoms with Crippen molar-refractivity contribution in [1.82, 2.24) is 0 Å². The number of nitrogens with zero attached hydrogens (tertiary/aromatic N) is 1. The number of carbonyl (C=O) groups excluding carboxylic acids is 1. The SMILES string of the molecule is CCC(=O)C=CC=CC=CC1=NC(C)=CC=CC1. The number of ketones is 1. The Labute approximate surface area is 109 Å². The predicted octanol–water partition coefficient (Wildman–Crippen LogP) is 3.94. The van der Waals surface area contributed by atoms with Crippen LogP contribution in [0.1, 0.15) is 26.7 Å². The molecule has 0 bridgehead atoms. The van der Waals surface area contributed by atoms with Crippen molar-refractivity contribution in [1.29, 1.82) is 0 Å². The molecule has 0 atom stereocenters. The average molecular weight is 241 g/mol. The van der Waals surface area contributed by atoms with Crippen molar-refractivity contribution in [2.75, 3.05) is 0 Å². The van der Waals surface area contributed by atoms with E-state index in [1.807, 2.05) is 50.3 Å². The van der Waals surface area contributed by atoms with Crippen LogP contribution in [0.15, 0.2) is 65.4 Å². The Morgan fingerprint density at radius 2 is 2.11 bits per heavy atom. The highest BCUT2D eigenvalue weighted by atomic mass is 16.1. The molecule has 1 rings (SSSR count). The number of carbonyl (C=O) groups is 1. The molecular weight excluding hydrogens is 222 g/mol. The summed E-state index contributed by atoms with van der Waals surface area (Å²) in [4.78, 5) is 15.5. The first-order valence-corrected chi connectivity index (χ1v) is 6.17. The van der Waals surface area contributed by atoms with Crippen LogP contribution in [-0.2, 0) is 4.79 Å². The van der Waals surface area contributed by atoms with Crippen molar-refractivity contribution in [2.24, 2.45) is 4.99 Å². The third-order valence-electron chi connectivity index (χ3n) is 2.37. The molecule has 2 heteroatoms. The number of aliphatic imine (C=N–C) groups is 1. The Bertz CT molecular complexity index is 459. The summed E-state index contributed by atoms with van der Waals surface area (Å²) in [6, 6.07) is 0. The van der Waals surface area contributed by atoms with Gasteiger partial charge >= 0.3 is 0 Å². The molecule has 94 valence electrons. The third-order valence-corrected chi connectivity index (χ3v) is 2.37. The molecule has 0 unspecified atom stereocenters. The molecule has 0 saturated heterocycles. The zero-order chi connectivity index (χ0) is 13.2. The van der Waals surface area contributed by atoms with Crippen LogP contribution in [-0.4, -0.2) is 11.5 Å². The zero-order valence-corrected chi connectivity index (χ0v) is 11.0. The molecule has 0 spiro atoms. The smallest absolute Gasteiger partial charge is 0.155 e. The fourth-order valence-corrected chi connectivity index (χ4v) is 1.39. The minimum Gasteiger partial charge on any atom is -0.295 e. The molecule has 0 aromatic heterocycles. The van der Waals surface area contributed by atoms with Crippen LogP contribution >= 0.6 is 0 Å². The highest BCUT2D eigenvalue weighted by molar-refractivity contribution is 5.97. The van der Waals surface area contributed by atoms with Gasteiger partial charge in [0.15, 0.2) is 5.78 Å². The maximum absolute atomic E-state index is 11.0. The molecule has 0 aromatic rings. The molecular formula is C16H19NO. The molecule has 1 aliphatic heterocycles. The largest absolute Gasteiger partial charge is 0.295 e. The Hall–Kier alpha value is -1.96. The monoisotopic (exact) mass is 241 g/mol. The number of hydrogen-bond acceptors (Lipinski definition) is 2. The molecule has 1 aliphatic rings. The van der Waals surface area contributed by atoms with Crippen molar-refractivity contribution in [3.63, 3.8) is 0 Å². The summed E-state index contributed by atoms with van der Waals surface area (Å²) in [5.41, 5.74) is 2.05. The predicted molar refractivity (Wildman–Crippen MR) is 77.7 cm³/mol. The molecule has 18 heavy (non-hydrogen) atoms. The van der Waals surface area contributed by atoms with Gasteiger partial charge in [-0.3, -0.25) is 9.79 Å². The van der Waals surface area contributed by atoms with Crippen molar-refractivity contribution in [3.8, 4) is 0 Å². The van der Waals surface area contributed by atoms with Crippen LogP contribution in [0.4, 0.5) is 0 Å². The summed E-state index contributed by atoms with van der Waals surface area (Å²) in [5.74, 6) is 0.141. The van der Waals surface area contributed by atoms with E-state index < -0.39 is 0 Å². The van der Waals surface area contributed by atoms with Crippen LogP contribution in [0.3, 0.4) is 0 Å². The second kappa shape index (κ2) is 8.18. The maximum atomic E-state index is 11.0.